The van der Waals surface area contributed by atoms with Gasteiger partial charge in [-0.25, -0.2) is 13.2 Å². The van der Waals surface area contributed by atoms with Gasteiger partial charge in [-0.2, -0.15) is 4.31 Å². The Kier molecular flexibility index (Phi) is 6.92. The Bertz CT molecular complexity index is 920. The first kappa shape index (κ1) is 23.5. The topological polar surface area (TPSA) is 99.3 Å². The molecule has 1 aromatic carbocycles. The standard InChI is InChI=1S/C21H32N4O5S/c1-21(2,3)30-20(27)25-10-6-9-18(25)19(26)22-16-7-5-8-17(15-16)31(28,29)24-13-11-23(4)12-14-24/h5,7-8,15,18H,6,9-14H2,1-4H3,(H,22,26)/t18-/m0/s1. The molecule has 1 atom stereocenters. The molecule has 0 unspecified atom stereocenters. The first-order valence-corrected chi connectivity index (χ1v) is 12.0. The number of rotatable bonds is 4. The molecule has 0 aromatic heterocycles. The predicted molar refractivity (Wildman–Crippen MR) is 117 cm³/mol. The lowest BCUT2D eigenvalue weighted by molar-refractivity contribution is -0.120. The minimum absolute atomic E-state index is 0.144. The lowest BCUT2D eigenvalue weighted by atomic mass is 10.2. The Labute approximate surface area is 184 Å². The van der Waals surface area contributed by atoms with Gasteiger partial charge < -0.3 is 15.0 Å². The van der Waals surface area contributed by atoms with Crippen LogP contribution < -0.4 is 5.32 Å². The van der Waals surface area contributed by atoms with E-state index in [1.54, 1.807) is 32.9 Å². The van der Waals surface area contributed by atoms with Gasteiger partial charge in [0, 0.05) is 38.4 Å². The molecule has 9 nitrogen and oxygen atoms in total. The number of hydrogen-bond donors (Lipinski definition) is 1. The maximum atomic E-state index is 13.0. The van der Waals surface area contributed by atoms with Crippen LogP contribution in [0.4, 0.5) is 10.5 Å². The number of benzene rings is 1. The third kappa shape index (κ3) is 5.75. The number of carbonyl (C=O) groups is 2. The molecule has 172 valence electrons. The number of ether oxygens (including phenoxy) is 1. The SMILES string of the molecule is CN1CCN(S(=O)(=O)c2cccc(NC(=O)[C@@H]3CCCN3C(=O)OC(C)(C)C)c2)CC1. The summed E-state index contributed by atoms with van der Waals surface area (Å²) in [6.45, 7) is 8.01. The molecule has 0 spiro atoms. The van der Waals surface area contributed by atoms with E-state index in [1.165, 1.54) is 21.3 Å². The van der Waals surface area contributed by atoms with Gasteiger partial charge in [0.05, 0.1) is 4.90 Å². The molecule has 3 rings (SSSR count). The second-order valence-electron chi connectivity index (χ2n) is 9.06. The minimum Gasteiger partial charge on any atom is -0.444 e. The number of anilines is 1. The number of nitrogens with zero attached hydrogens (tertiary/aromatic N) is 3. The van der Waals surface area contributed by atoms with E-state index in [4.69, 9.17) is 4.74 Å². The largest absolute Gasteiger partial charge is 0.444 e. The summed E-state index contributed by atoms with van der Waals surface area (Å²) in [5.74, 6) is -0.350. The summed E-state index contributed by atoms with van der Waals surface area (Å²) in [4.78, 5) is 29.0. The second-order valence-corrected chi connectivity index (χ2v) is 11.0. The number of carbonyl (C=O) groups excluding carboxylic acids is 2. The summed E-state index contributed by atoms with van der Waals surface area (Å²) in [5, 5.41) is 2.77. The number of likely N-dealkylation sites (N-methyl/N-ethyl adjacent to an activating group) is 1. The molecular formula is C21H32N4O5S. The van der Waals surface area contributed by atoms with Crippen LogP contribution in [-0.2, 0) is 19.6 Å². The van der Waals surface area contributed by atoms with Crippen molar-refractivity contribution in [3.05, 3.63) is 24.3 Å². The van der Waals surface area contributed by atoms with Gasteiger partial charge in [0.15, 0.2) is 0 Å². The molecule has 10 heteroatoms. The van der Waals surface area contributed by atoms with Gasteiger partial charge in [0.1, 0.15) is 11.6 Å². The fourth-order valence-electron chi connectivity index (χ4n) is 3.72. The molecule has 0 aliphatic carbocycles. The van der Waals surface area contributed by atoms with E-state index >= 15 is 0 Å². The number of nitrogens with one attached hydrogen (secondary N) is 1. The Morgan fingerprint density at radius 1 is 1.10 bits per heavy atom. The first-order valence-electron chi connectivity index (χ1n) is 10.6. The lowest BCUT2D eigenvalue weighted by Gasteiger charge is -2.31. The van der Waals surface area contributed by atoms with Gasteiger partial charge in [-0.1, -0.05) is 6.07 Å². The highest BCUT2D eigenvalue weighted by atomic mass is 32.2. The molecule has 2 fully saturated rings. The molecule has 2 aliphatic rings. The lowest BCUT2D eigenvalue weighted by Crippen LogP contribution is -2.47. The molecule has 0 saturated carbocycles. The van der Waals surface area contributed by atoms with Crippen LogP contribution in [0, 0.1) is 0 Å². The second kappa shape index (κ2) is 9.13. The zero-order valence-corrected chi connectivity index (χ0v) is 19.4. The van der Waals surface area contributed by atoms with Gasteiger partial charge in [0.25, 0.3) is 0 Å². The maximum absolute atomic E-state index is 13.0. The van der Waals surface area contributed by atoms with Crippen molar-refractivity contribution in [2.75, 3.05) is 45.1 Å². The quantitative estimate of drug-likeness (QED) is 0.750. The van der Waals surface area contributed by atoms with Crippen molar-refractivity contribution in [2.24, 2.45) is 0 Å². The van der Waals surface area contributed by atoms with Crippen LogP contribution in [0.5, 0.6) is 0 Å². The van der Waals surface area contributed by atoms with Crippen LogP contribution >= 0.6 is 0 Å². The summed E-state index contributed by atoms with van der Waals surface area (Å²) in [6.07, 6.45) is 0.719. The van der Waals surface area contributed by atoms with Crippen molar-refractivity contribution in [3.8, 4) is 0 Å². The predicted octanol–water partition coefficient (Wildman–Crippen LogP) is 1.96. The molecule has 2 aliphatic heterocycles. The first-order chi connectivity index (χ1) is 14.5. The van der Waals surface area contributed by atoms with Gasteiger partial charge in [-0.05, 0) is 58.9 Å². The molecule has 0 bridgehead atoms. The van der Waals surface area contributed by atoms with Gasteiger partial charge in [0.2, 0.25) is 15.9 Å². The van der Waals surface area contributed by atoms with Crippen molar-refractivity contribution in [2.45, 2.75) is 50.2 Å². The zero-order chi connectivity index (χ0) is 22.8. The Hall–Kier alpha value is -2.17. The van der Waals surface area contributed by atoms with Gasteiger partial charge in [-0.15, -0.1) is 0 Å². The number of sulfonamides is 1. The van der Waals surface area contributed by atoms with E-state index in [0.29, 0.717) is 51.3 Å². The van der Waals surface area contributed by atoms with Crippen molar-refractivity contribution in [3.63, 3.8) is 0 Å². The summed E-state index contributed by atoms with van der Waals surface area (Å²) in [7, 11) is -1.67. The third-order valence-corrected chi connectivity index (χ3v) is 7.28. The van der Waals surface area contributed by atoms with Crippen LogP contribution in [0.3, 0.4) is 0 Å². The van der Waals surface area contributed by atoms with Crippen LogP contribution in [0.25, 0.3) is 0 Å². The molecule has 2 heterocycles. The number of likely N-dealkylation sites (tertiary alicyclic amines) is 1. The van der Waals surface area contributed by atoms with E-state index in [2.05, 4.69) is 10.2 Å². The van der Waals surface area contributed by atoms with Crippen molar-refractivity contribution in [1.82, 2.24) is 14.1 Å². The normalized spacial score (nSPS) is 21.2. The van der Waals surface area contributed by atoms with E-state index in [9.17, 15) is 18.0 Å². The molecule has 1 N–H and O–H groups in total. The van der Waals surface area contributed by atoms with Crippen molar-refractivity contribution < 1.29 is 22.7 Å². The highest BCUT2D eigenvalue weighted by Gasteiger charge is 2.37. The van der Waals surface area contributed by atoms with Crippen molar-refractivity contribution >= 4 is 27.7 Å². The van der Waals surface area contributed by atoms with Crippen LogP contribution in [0.15, 0.2) is 29.2 Å². The number of amides is 2. The van der Waals surface area contributed by atoms with Crippen molar-refractivity contribution in [1.29, 1.82) is 0 Å². The summed E-state index contributed by atoms with van der Waals surface area (Å²) >= 11 is 0. The molecule has 0 radical (unpaired) electrons. The van der Waals surface area contributed by atoms with E-state index in [0.717, 1.165) is 0 Å². The monoisotopic (exact) mass is 452 g/mol. The fourth-order valence-corrected chi connectivity index (χ4v) is 5.18. The molecule has 2 amide bonds. The summed E-state index contributed by atoms with van der Waals surface area (Å²) in [5.41, 5.74) is -0.261. The summed E-state index contributed by atoms with van der Waals surface area (Å²) in [6, 6.07) is 5.62. The smallest absolute Gasteiger partial charge is 0.410 e. The molecule has 2 saturated heterocycles. The van der Waals surface area contributed by atoms with Crippen LogP contribution in [0.2, 0.25) is 0 Å². The Morgan fingerprint density at radius 2 is 1.77 bits per heavy atom. The average molecular weight is 453 g/mol. The highest BCUT2D eigenvalue weighted by molar-refractivity contribution is 7.89. The number of piperazine rings is 1. The minimum atomic E-state index is -3.64. The highest BCUT2D eigenvalue weighted by Crippen LogP contribution is 2.24. The fraction of sp³-hybridized carbons (Fsp3) is 0.619. The maximum Gasteiger partial charge on any atom is 0.410 e. The van der Waals surface area contributed by atoms with Gasteiger partial charge in [-0.3, -0.25) is 9.69 Å². The Morgan fingerprint density at radius 3 is 2.42 bits per heavy atom. The van der Waals surface area contributed by atoms with E-state index in [1.807, 2.05) is 7.05 Å². The molecule has 31 heavy (non-hydrogen) atoms. The van der Waals surface area contributed by atoms with E-state index in [-0.39, 0.29) is 10.8 Å². The average Bonchev–Trinajstić information content (AvgIpc) is 3.17. The number of hydrogen-bond acceptors (Lipinski definition) is 6. The zero-order valence-electron chi connectivity index (χ0n) is 18.6. The van der Waals surface area contributed by atoms with E-state index < -0.39 is 27.8 Å². The molecular weight excluding hydrogens is 420 g/mol. The van der Waals surface area contributed by atoms with Crippen LogP contribution in [0.1, 0.15) is 33.6 Å². The third-order valence-electron chi connectivity index (χ3n) is 5.39. The van der Waals surface area contributed by atoms with Crippen LogP contribution in [-0.4, -0.2) is 85.9 Å². The molecule has 1 aromatic rings. The van der Waals surface area contributed by atoms with Gasteiger partial charge >= 0.3 is 6.09 Å². The Balaban J connectivity index is 1.70. The summed E-state index contributed by atoms with van der Waals surface area (Å²) < 4.78 is 32.9.